The Morgan fingerprint density at radius 3 is 2.50 bits per heavy atom. The first kappa shape index (κ1) is 29.6. The molecule has 0 saturated carbocycles. The number of nitrogens with zero attached hydrogens (tertiary/aromatic N) is 3. The molecule has 0 N–H and O–H groups in total. The van der Waals surface area contributed by atoms with Gasteiger partial charge in [-0.15, -0.1) is 0 Å². The second-order valence-corrected chi connectivity index (χ2v) is 11.8. The van der Waals surface area contributed by atoms with Gasteiger partial charge in [-0.2, -0.15) is 0 Å². The van der Waals surface area contributed by atoms with Crippen molar-refractivity contribution in [3.63, 3.8) is 0 Å². The van der Waals surface area contributed by atoms with Crippen LogP contribution in [-0.4, -0.2) is 36.7 Å². The van der Waals surface area contributed by atoms with Crippen LogP contribution < -0.4 is 24.5 Å². The van der Waals surface area contributed by atoms with Gasteiger partial charge >= 0.3 is 5.97 Å². The lowest BCUT2D eigenvalue weighted by Crippen LogP contribution is -2.41. The number of amides is 1. The molecule has 0 unspecified atom stereocenters. The number of rotatable bonds is 8. The summed E-state index contributed by atoms with van der Waals surface area (Å²) < 4.78 is 13.0. The van der Waals surface area contributed by atoms with E-state index >= 15 is 0 Å². The summed E-state index contributed by atoms with van der Waals surface area (Å²) in [6.07, 6.45) is 1.75. The van der Waals surface area contributed by atoms with Gasteiger partial charge in [0.15, 0.2) is 4.80 Å². The first-order valence-electron chi connectivity index (χ1n) is 14.4. The summed E-state index contributed by atoms with van der Waals surface area (Å²) >= 11 is 7.63. The Labute approximate surface area is 263 Å². The van der Waals surface area contributed by atoms with Gasteiger partial charge in [-0.3, -0.25) is 14.2 Å². The van der Waals surface area contributed by atoms with Crippen LogP contribution in [0.1, 0.15) is 49.4 Å². The molecule has 0 bridgehead atoms. The number of para-hydroxylation sites is 1. The third kappa shape index (κ3) is 4.96. The molecule has 4 aromatic rings. The second-order valence-electron chi connectivity index (χ2n) is 10.3. The summed E-state index contributed by atoms with van der Waals surface area (Å²) in [5, 5.41) is 0.402. The number of halogens is 1. The van der Waals surface area contributed by atoms with Gasteiger partial charge in [-0.1, -0.05) is 84.8 Å². The van der Waals surface area contributed by atoms with Gasteiger partial charge in [0.1, 0.15) is 16.3 Å². The lowest BCUT2D eigenvalue weighted by Gasteiger charge is -2.27. The van der Waals surface area contributed by atoms with E-state index in [1.807, 2.05) is 54.6 Å². The molecule has 3 aromatic carbocycles. The normalized spacial score (nSPS) is 16.9. The van der Waals surface area contributed by atoms with Crippen molar-refractivity contribution in [1.82, 2.24) is 4.57 Å². The highest BCUT2D eigenvalue weighted by Gasteiger charge is 2.39. The van der Waals surface area contributed by atoms with E-state index in [1.54, 1.807) is 30.0 Å². The van der Waals surface area contributed by atoms with Gasteiger partial charge < -0.3 is 14.4 Å². The number of carbonyl (C=O) groups excluding carboxylic acids is 2. The van der Waals surface area contributed by atoms with E-state index < -0.39 is 17.6 Å². The Kier molecular flexibility index (Phi) is 8.25. The molecule has 0 fully saturated rings. The van der Waals surface area contributed by atoms with E-state index in [4.69, 9.17) is 26.1 Å². The highest BCUT2D eigenvalue weighted by Crippen LogP contribution is 2.40. The van der Waals surface area contributed by atoms with E-state index in [0.717, 1.165) is 29.9 Å². The van der Waals surface area contributed by atoms with Gasteiger partial charge in [0.25, 0.3) is 11.5 Å². The smallest absolute Gasteiger partial charge is 0.338 e. The lowest BCUT2D eigenvalue weighted by molar-refractivity contribution is -0.138. The molecule has 1 atom stereocenters. The maximum Gasteiger partial charge on any atom is 0.338 e. The number of carbonyl (C=O) groups is 2. The largest absolute Gasteiger partial charge is 0.496 e. The van der Waals surface area contributed by atoms with Gasteiger partial charge in [0, 0.05) is 28.3 Å². The average Bonchev–Trinajstić information content (AvgIpc) is 3.51. The minimum Gasteiger partial charge on any atom is -0.496 e. The molecular formula is C34H30ClN3O5S. The average molecular weight is 628 g/mol. The van der Waals surface area contributed by atoms with Gasteiger partial charge in [-0.25, -0.2) is 9.79 Å². The van der Waals surface area contributed by atoms with Crippen LogP contribution in [-0.2, 0) is 14.3 Å². The predicted octanol–water partition coefficient (Wildman–Crippen LogP) is 5.11. The zero-order valence-corrected chi connectivity index (χ0v) is 26.1. The molecule has 8 nitrogen and oxygen atoms in total. The SMILES string of the molecule is CCCCN1C(=O)/C(=c2\sc3n(c2=O)[C@H](c2cc(Cl)ccc2OC)C(C(=O)OCC)=C(c2ccccc2)N=3)c2ccccc21. The lowest BCUT2D eigenvalue weighted by atomic mass is 9.92. The second kappa shape index (κ2) is 12.3. The number of benzene rings is 3. The number of esters is 1. The van der Waals surface area contributed by atoms with Gasteiger partial charge in [0.2, 0.25) is 0 Å². The fraction of sp³-hybridized carbons (Fsp3) is 0.235. The predicted molar refractivity (Wildman–Crippen MR) is 172 cm³/mol. The standard InChI is InChI=1S/C34H30ClN3O5S/c1-4-6-18-37-24-15-11-10-14-22(24)26(31(37)39)30-32(40)38-29(23-19-21(35)16-17-25(23)42-3)27(33(41)43-5-2)28(36-34(38)44-30)20-12-8-7-9-13-20/h7-17,19,29H,4-6,18H2,1-3H3/b30-26-/t29-/m1/s1. The van der Waals surface area contributed by atoms with Crippen LogP contribution >= 0.6 is 22.9 Å². The zero-order valence-electron chi connectivity index (χ0n) is 24.5. The first-order chi connectivity index (χ1) is 21.4. The maximum absolute atomic E-state index is 14.6. The monoisotopic (exact) mass is 627 g/mol. The fourth-order valence-electron chi connectivity index (χ4n) is 5.74. The molecule has 3 heterocycles. The van der Waals surface area contributed by atoms with Crippen molar-refractivity contribution in [3.05, 3.63) is 120 Å². The molecule has 0 saturated heterocycles. The van der Waals surface area contributed by atoms with E-state index in [9.17, 15) is 14.4 Å². The topological polar surface area (TPSA) is 90.2 Å². The van der Waals surface area contributed by atoms with Crippen molar-refractivity contribution in [2.24, 2.45) is 4.99 Å². The fourth-order valence-corrected chi connectivity index (χ4v) is 7.01. The van der Waals surface area contributed by atoms with Crippen molar-refractivity contribution in [2.75, 3.05) is 25.2 Å². The molecule has 224 valence electrons. The Morgan fingerprint density at radius 1 is 1.02 bits per heavy atom. The maximum atomic E-state index is 14.6. The minimum atomic E-state index is -0.994. The number of unbranched alkanes of at least 4 members (excludes halogenated alkanes) is 1. The molecule has 1 aromatic heterocycles. The molecule has 2 aliphatic heterocycles. The van der Waals surface area contributed by atoms with Crippen LogP contribution in [0.4, 0.5) is 5.69 Å². The minimum absolute atomic E-state index is 0.122. The van der Waals surface area contributed by atoms with Crippen molar-refractivity contribution in [3.8, 4) is 5.75 Å². The van der Waals surface area contributed by atoms with Crippen LogP contribution in [0.15, 0.2) is 88.2 Å². The summed E-state index contributed by atoms with van der Waals surface area (Å²) in [6.45, 7) is 4.46. The molecule has 0 spiro atoms. The van der Waals surface area contributed by atoms with Crippen molar-refractivity contribution < 1.29 is 19.1 Å². The molecule has 10 heteroatoms. The van der Waals surface area contributed by atoms with E-state index in [1.165, 1.54) is 11.7 Å². The highest BCUT2D eigenvalue weighted by atomic mass is 35.5. The molecular weight excluding hydrogens is 598 g/mol. The Hall–Kier alpha value is -4.47. The molecule has 0 aliphatic carbocycles. The first-order valence-corrected chi connectivity index (χ1v) is 15.6. The van der Waals surface area contributed by atoms with Crippen molar-refractivity contribution in [1.29, 1.82) is 0 Å². The Morgan fingerprint density at radius 2 is 1.77 bits per heavy atom. The number of hydrogen-bond acceptors (Lipinski definition) is 7. The van der Waals surface area contributed by atoms with E-state index in [2.05, 4.69) is 6.92 Å². The number of fused-ring (bicyclic) bond motifs is 2. The number of thiazole rings is 1. The van der Waals surface area contributed by atoms with Crippen LogP contribution in [0.3, 0.4) is 0 Å². The van der Waals surface area contributed by atoms with Crippen LogP contribution in [0.5, 0.6) is 5.75 Å². The number of ether oxygens (including phenoxy) is 2. The van der Waals surface area contributed by atoms with Gasteiger partial charge in [-0.05, 0) is 37.6 Å². The summed E-state index contributed by atoms with van der Waals surface area (Å²) in [5.74, 6) is -0.412. The summed E-state index contributed by atoms with van der Waals surface area (Å²) in [5.41, 5.74) is 3.08. The molecule has 2 aliphatic rings. The van der Waals surface area contributed by atoms with Crippen LogP contribution in [0, 0.1) is 0 Å². The molecule has 44 heavy (non-hydrogen) atoms. The highest BCUT2D eigenvalue weighted by molar-refractivity contribution is 7.07. The quantitative estimate of drug-likeness (QED) is 0.253. The van der Waals surface area contributed by atoms with Crippen LogP contribution in [0.2, 0.25) is 5.02 Å². The summed E-state index contributed by atoms with van der Waals surface area (Å²) in [4.78, 5) is 49.3. The number of hydrogen-bond donors (Lipinski definition) is 0. The zero-order chi connectivity index (χ0) is 31.0. The Bertz CT molecular complexity index is 2000. The third-order valence-corrected chi connectivity index (χ3v) is 9.01. The van der Waals surface area contributed by atoms with E-state index in [-0.39, 0.29) is 22.6 Å². The van der Waals surface area contributed by atoms with Crippen molar-refractivity contribution in [2.45, 2.75) is 32.7 Å². The molecule has 0 radical (unpaired) electrons. The number of anilines is 1. The third-order valence-electron chi connectivity index (χ3n) is 7.72. The molecule has 1 amide bonds. The Balaban J connectivity index is 1.72. The van der Waals surface area contributed by atoms with E-state index in [0.29, 0.717) is 50.1 Å². The summed E-state index contributed by atoms with van der Waals surface area (Å²) in [7, 11) is 1.52. The summed E-state index contributed by atoms with van der Waals surface area (Å²) in [6, 6.07) is 20.9. The molecule has 6 rings (SSSR count). The van der Waals surface area contributed by atoms with Gasteiger partial charge in [0.05, 0.1) is 36.2 Å². The van der Waals surface area contributed by atoms with Crippen molar-refractivity contribution >= 4 is 51.8 Å². The number of methoxy groups -OCH3 is 1. The number of aromatic nitrogens is 1. The van der Waals surface area contributed by atoms with Crippen LogP contribution in [0.25, 0.3) is 11.3 Å².